The van der Waals surface area contributed by atoms with Crippen molar-refractivity contribution in [3.63, 3.8) is 0 Å². The van der Waals surface area contributed by atoms with Crippen LogP contribution >= 0.6 is 0 Å². The lowest BCUT2D eigenvalue weighted by Crippen LogP contribution is -2.17. The summed E-state index contributed by atoms with van der Waals surface area (Å²) in [4.78, 5) is 20.1. The fourth-order valence-electron chi connectivity index (χ4n) is 4.30. The Kier molecular flexibility index (Phi) is 5.55. The van der Waals surface area contributed by atoms with Crippen molar-refractivity contribution in [2.24, 2.45) is 0 Å². The van der Waals surface area contributed by atoms with E-state index in [-0.39, 0.29) is 6.04 Å². The highest BCUT2D eigenvalue weighted by Crippen LogP contribution is 2.38. The molecule has 1 aliphatic heterocycles. The molecule has 1 atom stereocenters. The maximum Gasteiger partial charge on any atom is 0.336 e. The van der Waals surface area contributed by atoms with Gasteiger partial charge >= 0.3 is 5.97 Å². The number of aromatic nitrogens is 1. The minimum atomic E-state index is -0.892. The third kappa shape index (κ3) is 3.94. The van der Waals surface area contributed by atoms with Crippen molar-refractivity contribution in [3.8, 4) is 0 Å². The molecule has 1 aromatic heterocycles. The van der Waals surface area contributed by atoms with E-state index >= 15 is 0 Å². The molecule has 0 aliphatic carbocycles. The van der Waals surface area contributed by atoms with Gasteiger partial charge in [0.25, 0.3) is 0 Å². The number of carboxylic acid groups (broad SMARTS) is 1. The minimum Gasteiger partial charge on any atom is -0.478 e. The molecule has 1 aliphatic rings. The second-order valence-corrected chi connectivity index (χ2v) is 8.09. The number of aryl methyl sites for hydroxylation is 2. The van der Waals surface area contributed by atoms with Crippen LogP contribution < -0.4 is 4.90 Å². The summed E-state index contributed by atoms with van der Waals surface area (Å²) in [7, 11) is 4.23. The third-order valence-electron chi connectivity index (χ3n) is 6.07. The summed E-state index contributed by atoms with van der Waals surface area (Å²) in [5, 5.41) is 9.42. The average Bonchev–Trinajstić information content (AvgIpc) is 3.06. The number of hydrogen-bond acceptors (Lipinski definition) is 4. The molecule has 1 N–H and O–H groups in total. The number of pyridine rings is 1. The molecule has 0 amide bonds. The zero-order valence-corrected chi connectivity index (χ0v) is 17.7. The highest BCUT2D eigenvalue weighted by atomic mass is 16.4. The lowest BCUT2D eigenvalue weighted by Gasteiger charge is -2.22. The fourth-order valence-corrected chi connectivity index (χ4v) is 4.30. The van der Waals surface area contributed by atoms with Gasteiger partial charge in [-0.25, -0.2) is 4.79 Å². The smallest absolute Gasteiger partial charge is 0.336 e. The number of fused-ring (bicyclic) bond motifs is 1. The van der Waals surface area contributed by atoms with Crippen LogP contribution in [0.1, 0.15) is 45.1 Å². The second kappa shape index (κ2) is 8.28. The molecule has 2 aromatic carbocycles. The number of anilines is 2. The van der Waals surface area contributed by atoms with E-state index in [9.17, 15) is 9.90 Å². The summed E-state index contributed by atoms with van der Waals surface area (Å²) in [6.07, 6.45) is 4.77. The van der Waals surface area contributed by atoms with E-state index in [1.54, 1.807) is 12.3 Å². The van der Waals surface area contributed by atoms with E-state index in [1.165, 1.54) is 34.3 Å². The Morgan fingerprint density at radius 1 is 1.17 bits per heavy atom. The standard InChI is InChI=1S/C25H27N3O2/c1-17-4-7-20(8-5-17)28(3)21-9-10-22-19(14-21)16-27(2)24(22)11-6-18-15-26-13-12-23(18)25(29)30/h4-5,7-10,12-15,24H,6,11,16H2,1-3H3,(H,29,30)/t24-/m1/s1. The van der Waals surface area contributed by atoms with Crippen molar-refractivity contribution in [1.29, 1.82) is 0 Å². The van der Waals surface area contributed by atoms with Crippen molar-refractivity contribution in [2.45, 2.75) is 32.4 Å². The first-order chi connectivity index (χ1) is 14.4. The van der Waals surface area contributed by atoms with E-state index in [4.69, 9.17) is 0 Å². The summed E-state index contributed by atoms with van der Waals surface area (Å²) in [6.45, 7) is 2.99. The van der Waals surface area contributed by atoms with Gasteiger partial charge in [-0.3, -0.25) is 9.88 Å². The maximum absolute atomic E-state index is 11.5. The Morgan fingerprint density at radius 3 is 2.63 bits per heavy atom. The van der Waals surface area contributed by atoms with Crippen molar-refractivity contribution in [2.75, 3.05) is 19.0 Å². The summed E-state index contributed by atoms with van der Waals surface area (Å²) in [5.74, 6) is -0.892. The maximum atomic E-state index is 11.5. The SMILES string of the molecule is Cc1ccc(N(C)c2ccc3c(c2)CN(C)[C@@H]3CCc2cnccc2C(=O)O)cc1. The lowest BCUT2D eigenvalue weighted by molar-refractivity contribution is 0.0695. The first-order valence-corrected chi connectivity index (χ1v) is 10.2. The molecule has 0 spiro atoms. The van der Waals surface area contributed by atoms with Crippen molar-refractivity contribution in [3.05, 3.63) is 88.7 Å². The largest absolute Gasteiger partial charge is 0.478 e. The molecular formula is C25H27N3O2. The van der Waals surface area contributed by atoms with Crippen LogP contribution in [-0.2, 0) is 13.0 Å². The number of aromatic carboxylic acids is 1. The normalized spacial score (nSPS) is 15.8. The summed E-state index contributed by atoms with van der Waals surface area (Å²) in [6, 6.07) is 17.1. The summed E-state index contributed by atoms with van der Waals surface area (Å²) in [5.41, 5.74) is 7.41. The molecule has 2 heterocycles. The van der Waals surface area contributed by atoms with Crippen LogP contribution in [0.15, 0.2) is 60.9 Å². The van der Waals surface area contributed by atoms with Crippen LogP contribution in [0.5, 0.6) is 0 Å². The minimum absolute atomic E-state index is 0.278. The molecule has 3 aromatic rings. The predicted molar refractivity (Wildman–Crippen MR) is 119 cm³/mol. The summed E-state index contributed by atoms with van der Waals surface area (Å²) >= 11 is 0. The zero-order chi connectivity index (χ0) is 21.3. The first-order valence-electron chi connectivity index (χ1n) is 10.2. The molecule has 0 saturated heterocycles. The highest BCUT2D eigenvalue weighted by molar-refractivity contribution is 5.89. The van der Waals surface area contributed by atoms with Gasteiger partial charge in [0.15, 0.2) is 0 Å². The number of carboxylic acids is 1. The van der Waals surface area contributed by atoms with E-state index < -0.39 is 5.97 Å². The van der Waals surface area contributed by atoms with Crippen LogP contribution in [0, 0.1) is 6.92 Å². The topological polar surface area (TPSA) is 56.7 Å². The first kappa shape index (κ1) is 20.1. The van der Waals surface area contributed by atoms with Crippen LogP contribution in [-0.4, -0.2) is 35.1 Å². The summed E-state index contributed by atoms with van der Waals surface area (Å²) < 4.78 is 0. The van der Waals surface area contributed by atoms with Crippen molar-refractivity contribution in [1.82, 2.24) is 9.88 Å². The number of benzene rings is 2. The Labute approximate surface area is 177 Å². The predicted octanol–water partition coefficient (Wildman–Crippen LogP) is 4.98. The molecular weight excluding hydrogens is 374 g/mol. The number of hydrogen-bond donors (Lipinski definition) is 1. The van der Waals surface area contributed by atoms with Gasteiger partial charge in [0.2, 0.25) is 0 Å². The van der Waals surface area contributed by atoms with Gasteiger partial charge < -0.3 is 10.0 Å². The highest BCUT2D eigenvalue weighted by Gasteiger charge is 2.28. The van der Waals surface area contributed by atoms with Gasteiger partial charge in [0, 0.05) is 43.4 Å². The molecule has 154 valence electrons. The lowest BCUT2D eigenvalue weighted by atomic mass is 9.96. The Bertz CT molecular complexity index is 1060. The average molecular weight is 402 g/mol. The van der Waals surface area contributed by atoms with Gasteiger partial charge in [-0.05, 0) is 73.8 Å². The molecule has 0 unspecified atom stereocenters. The molecule has 5 heteroatoms. The number of nitrogens with zero attached hydrogens (tertiary/aromatic N) is 3. The fraction of sp³-hybridized carbons (Fsp3) is 0.280. The molecule has 5 nitrogen and oxygen atoms in total. The zero-order valence-electron chi connectivity index (χ0n) is 17.7. The molecule has 4 rings (SSSR count). The van der Waals surface area contributed by atoms with Gasteiger partial charge in [-0.1, -0.05) is 23.8 Å². The molecule has 30 heavy (non-hydrogen) atoms. The Hall–Kier alpha value is -3.18. The van der Waals surface area contributed by atoms with Crippen LogP contribution in [0.25, 0.3) is 0 Å². The van der Waals surface area contributed by atoms with Gasteiger partial charge in [0.1, 0.15) is 0 Å². The van der Waals surface area contributed by atoms with E-state index in [0.717, 1.165) is 18.5 Å². The van der Waals surface area contributed by atoms with Gasteiger partial charge in [-0.2, -0.15) is 0 Å². The monoisotopic (exact) mass is 401 g/mol. The Morgan fingerprint density at radius 2 is 1.90 bits per heavy atom. The van der Waals surface area contributed by atoms with Crippen molar-refractivity contribution >= 4 is 17.3 Å². The van der Waals surface area contributed by atoms with Crippen LogP contribution in [0.3, 0.4) is 0 Å². The quantitative estimate of drug-likeness (QED) is 0.632. The molecule has 0 fully saturated rings. The number of carbonyl (C=O) groups is 1. The van der Waals surface area contributed by atoms with Crippen LogP contribution in [0.2, 0.25) is 0 Å². The molecule has 0 radical (unpaired) electrons. The molecule has 0 saturated carbocycles. The van der Waals surface area contributed by atoms with Crippen molar-refractivity contribution < 1.29 is 9.90 Å². The number of rotatable bonds is 6. The van der Waals surface area contributed by atoms with E-state index in [0.29, 0.717) is 12.0 Å². The van der Waals surface area contributed by atoms with Gasteiger partial charge in [-0.15, -0.1) is 0 Å². The van der Waals surface area contributed by atoms with Crippen LogP contribution in [0.4, 0.5) is 11.4 Å². The molecule has 0 bridgehead atoms. The van der Waals surface area contributed by atoms with Gasteiger partial charge in [0.05, 0.1) is 5.56 Å². The van der Waals surface area contributed by atoms with E-state index in [2.05, 4.69) is 78.3 Å². The second-order valence-electron chi connectivity index (χ2n) is 8.09. The Balaban J connectivity index is 1.53. The van der Waals surface area contributed by atoms with E-state index in [1.807, 2.05) is 0 Å². The third-order valence-corrected chi connectivity index (χ3v) is 6.07.